The van der Waals surface area contributed by atoms with Gasteiger partial charge in [-0.25, -0.2) is 9.18 Å². The molecule has 1 N–H and O–H groups in total. The molecule has 122 valence electrons. The Labute approximate surface area is 130 Å². The molecule has 5 nitrogen and oxygen atoms in total. The van der Waals surface area contributed by atoms with E-state index in [0.29, 0.717) is 22.2 Å². The van der Waals surface area contributed by atoms with Crippen LogP contribution in [0.25, 0.3) is 0 Å². The van der Waals surface area contributed by atoms with E-state index in [-0.39, 0.29) is 17.5 Å². The summed E-state index contributed by atoms with van der Waals surface area (Å²) in [7, 11) is 6.99. The van der Waals surface area contributed by atoms with Gasteiger partial charge in [0.2, 0.25) is 0 Å². The molecular weight excluding hydrogens is 287 g/mol. The fourth-order valence-electron chi connectivity index (χ4n) is 2.47. The Hall–Kier alpha value is -1.95. The number of esters is 1. The molecule has 0 spiro atoms. The van der Waals surface area contributed by atoms with E-state index >= 15 is 0 Å². The summed E-state index contributed by atoms with van der Waals surface area (Å²) in [6.45, 7) is 3.56. The number of benzene rings is 1. The molecule has 1 rings (SSSR count). The topological polar surface area (TPSA) is 55.4 Å². The van der Waals surface area contributed by atoms with Crippen molar-refractivity contribution in [2.75, 3.05) is 33.6 Å². The zero-order chi connectivity index (χ0) is 17.1. The molecule has 0 aliphatic rings. The fourth-order valence-corrected chi connectivity index (χ4v) is 2.47. The number of rotatable bonds is 5. The van der Waals surface area contributed by atoms with E-state index < -0.39 is 11.8 Å². The van der Waals surface area contributed by atoms with Gasteiger partial charge in [0, 0.05) is 6.42 Å². The lowest BCUT2D eigenvalue weighted by Crippen LogP contribution is -2.51. The number of hydrogen-bond acceptors (Lipinski definition) is 3. The van der Waals surface area contributed by atoms with E-state index in [1.807, 2.05) is 28.1 Å². The van der Waals surface area contributed by atoms with Gasteiger partial charge < -0.3 is 14.5 Å². The van der Waals surface area contributed by atoms with Crippen molar-refractivity contribution in [3.05, 3.63) is 29.1 Å². The second-order valence-electron chi connectivity index (χ2n) is 6.17. The number of ether oxygens (including phenoxy) is 1. The van der Waals surface area contributed by atoms with Gasteiger partial charge in [0.15, 0.2) is 6.04 Å². The van der Waals surface area contributed by atoms with Gasteiger partial charge in [-0.15, -0.1) is 0 Å². The Morgan fingerprint density at radius 3 is 2.36 bits per heavy atom. The van der Waals surface area contributed by atoms with Gasteiger partial charge >= 0.3 is 5.97 Å². The number of likely N-dealkylation sites (N-methyl/N-ethyl adjacent to an activating group) is 1. The first-order valence-electron chi connectivity index (χ1n) is 7.12. The summed E-state index contributed by atoms with van der Waals surface area (Å²) in [6.07, 6.45) is 0.642. The molecule has 0 aromatic heterocycles. The van der Waals surface area contributed by atoms with Crippen LogP contribution in [0.2, 0.25) is 0 Å². The molecule has 0 fully saturated rings. The number of amides is 1. The van der Waals surface area contributed by atoms with Crippen molar-refractivity contribution in [1.82, 2.24) is 0 Å². The van der Waals surface area contributed by atoms with Gasteiger partial charge in [-0.3, -0.25) is 4.79 Å². The SMILES string of the molecule is CCC(C(=O)Nc1c(C)cc(F)cc1C(=O)OC)[N+](C)(C)C. The Balaban J connectivity index is 3.22. The third-order valence-corrected chi connectivity index (χ3v) is 3.58. The quantitative estimate of drug-likeness (QED) is 0.671. The van der Waals surface area contributed by atoms with E-state index in [4.69, 9.17) is 0 Å². The van der Waals surface area contributed by atoms with Crippen molar-refractivity contribution in [3.63, 3.8) is 0 Å². The first kappa shape index (κ1) is 18.1. The summed E-state index contributed by atoms with van der Waals surface area (Å²) in [5.74, 6) is -1.44. The van der Waals surface area contributed by atoms with E-state index in [1.54, 1.807) is 6.92 Å². The largest absolute Gasteiger partial charge is 0.465 e. The molecule has 0 saturated heterocycles. The molecule has 0 radical (unpaired) electrons. The predicted octanol–water partition coefficient (Wildman–Crippen LogP) is 2.34. The van der Waals surface area contributed by atoms with Crippen LogP contribution in [0.15, 0.2) is 12.1 Å². The lowest BCUT2D eigenvalue weighted by atomic mass is 10.1. The van der Waals surface area contributed by atoms with Crippen molar-refractivity contribution in [2.24, 2.45) is 0 Å². The molecule has 0 aliphatic heterocycles. The summed E-state index contributed by atoms with van der Waals surface area (Å²) >= 11 is 0. The van der Waals surface area contributed by atoms with Gasteiger partial charge in [-0.1, -0.05) is 6.92 Å². The number of quaternary nitrogens is 1. The smallest absolute Gasteiger partial charge is 0.340 e. The molecule has 0 saturated carbocycles. The van der Waals surface area contributed by atoms with Crippen LogP contribution < -0.4 is 5.32 Å². The van der Waals surface area contributed by atoms with Crippen LogP contribution in [0.4, 0.5) is 10.1 Å². The Morgan fingerprint density at radius 1 is 1.32 bits per heavy atom. The van der Waals surface area contributed by atoms with Gasteiger partial charge in [-0.2, -0.15) is 0 Å². The minimum Gasteiger partial charge on any atom is -0.465 e. The number of anilines is 1. The molecule has 6 heteroatoms. The van der Waals surface area contributed by atoms with Crippen LogP contribution >= 0.6 is 0 Å². The van der Waals surface area contributed by atoms with Crippen LogP contribution in [0, 0.1) is 12.7 Å². The highest BCUT2D eigenvalue weighted by atomic mass is 19.1. The number of carbonyl (C=O) groups excluding carboxylic acids is 2. The van der Waals surface area contributed by atoms with Crippen molar-refractivity contribution in [1.29, 1.82) is 0 Å². The molecule has 1 amide bonds. The highest BCUT2D eigenvalue weighted by molar-refractivity contribution is 6.03. The number of halogens is 1. The van der Waals surface area contributed by atoms with Crippen LogP contribution in [-0.4, -0.2) is 50.7 Å². The minimum absolute atomic E-state index is 0.0182. The molecular formula is C16H24FN2O3+. The number of hydrogen-bond donors (Lipinski definition) is 1. The van der Waals surface area contributed by atoms with E-state index in [1.165, 1.54) is 13.2 Å². The summed E-state index contributed by atoms with van der Waals surface area (Å²) < 4.78 is 18.6. The summed E-state index contributed by atoms with van der Waals surface area (Å²) in [5.41, 5.74) is 0.791. The van der Waals surface area contributed by atoms with Crippen molar-refractivity contribution in [2.45, 2.75) is 26.3 Å². The second-order valence-corrected chi connectivity index (χ2v) is 6.17. The summed E-state index contributed by atoms with van der Waals surface area (Å²) in [5, 5.41) is 2.76. The molecule has 1 aromatic rings. The lowest BCUT2D eigenvalue weighted by molar-refractivity contribution is -0.886. The highest BCUT2D eigenvalue weighted by Gasteiger charge is 2.31. The van der Waals surface area contributed by atoms with Gasteiger partial charge in [-0.05, 0) is 24.6 Å². The third kappa shape index (κ3) is 4.04. The average molecular weight is 311 g/mol. The van der Waals surface area contributed by atoms with Gasteiger partial charge in [0.1, 0.15) is 5.82 Å². The predicted molar refractivity (Wildman–Crippen MR) is 83.2 cm³/mol. The number of aryl methyl sites for hydroxylation is 1. The molecule has 1 atom stereocenters. The van der Waals surface area contributed by atoms with Crippen LogP contribution in [0.1, 0.15) is 29.3 Å². The monoisotopic (exact) mass is 311 g/mol. The van der Waals surface area contributed by atoms with Crippen LogP contribution in [0.3, 0.4) is 0 Å². The molecule has 1 aromatic carbocycles. The van der Waals surface area contributed by atoms with Crippen LogP contribution in [-0.2, 0) is 9.53 Å². The summed E-state index contributed by atoms with van der Waals surface area (Å²) in [4.78, 5) is 24.3. The Kier molecular flexibility index (Phi) is 5.65. The van der Waals surface area contributed by atoms with Gasteiger partial charge in [0.25, 0.3) is 5.91 Å². The second kappa shape index (κ2) is 6.87. The van der Waals surface area contributed by atoms with E-state index in [9.17, 15) is 14.0 Å². The van der Waals surface area contributed by atoms with Crippen molar-refractivity contribution in [3.8, 4) is 0 Å². The molecule has 22 heavy (non-hydrogen) atoms. The molecule has 1 unspecified atom stereocenters. The Morgan fingerprint density at radius 2 is 1.91 bits per heavy atom. The van der Waals surface area contributed by atoms with E-state index in [0.717, 1.165) is 6.07 Å². The number of nitrogens with one attached hydrogen (secondary N) is 1. The Bertz CT molecular complexity index is 579. The molecule has 0 bridgehead atoms. The molecule has 0 heterocycles. The fraction of sp³-hybridized carbons (Fsp3) is 0.500. The summed E-state index contributed by atoms with van der Waals surface area (Å²) in [6, 6.07) is 2.06. The average Bonchev–Trinajstić information content (AvgIpc) is 2.39. The zero-order valence-corrected chi connectivity index (χ0v) is 14.0. The number of methoxy groups -OCH3 is 1. The van der Waals surface area contributed by atoms with Gasteiger partial charge in [0.05, 0.1) is 39.5 Å². The lowest BCUT2D eigenvalue weighted by Gasteiger charge is -2.32. The molecule has 0 aliphatic carbocycles. The van der Waals surface area contributed by atoms with Crippen molar-refractivity contribution >= 4 is 17.6 Å². The van der Waals surface area contributed by atoms with Crippen molar-refractivity contribution < 1.29 is 23.2 Å². The maximum atomic E-state index is 13.5. The third-order valence-electron chi connectivity index (χ3n) is 3.58. The highest BCUT2D eigenvalue weighted by Crippen LogP contribution is 2.24. The van der Waals surface area contributed by atoms with E-state index in [2.05, 4.69) is 10.1 Å². The normalized spacial score (nSPS) is 12.7. The first-order valence-corrected chi connectivity index (χ1v) is 7.12. The standard InChI is InChI=1S/C16H23FN2O3/c1-7-13(19(3,4)5)15(20)18-14-10(2)8-11(17)9-12(14)16(21)22-6/h8-9,13H,7H2,1-6H3/p+1. The minimum atomic E-state index is -0.684. The maximum Gasteiger partial charge on any atom is 0.340 e. The maximum absolute atomic E-state index is 13.5. The zero-order valence-electron chi connectivity index (χ0n) is 14.0. The van der Waals surface area contributed by atoms with Crippen LogP contribution in [0.5, 0.6) is 0 Å². The number of carbonyl (C=O) groups is 2. The first-order chi connectivity index (χ1) is 10.1. The number of nitrogens with zero attached hydrogens (tertiary/aromatic N) is 1.